The average molecular weight is 459 g/mol. The molecule has 2 heterocycles. The number of likely N-dealkylation sites (tertiary alicyclic amines) is 1. The van der Waals surface area contributed by atoms with E-state index in [0.717, 1.165) is 5.56 Å². The van der Waals surface area contributed by atoms with E-state index in [1.165, 1.54) is 29.4 Å². The van der Waals surface area contributed by atoms with Crippen molar-refractivity contribution < 1.29 is 24.5 Å². The number of carbonyl (C=O) groups is 2. The topological polar surface area (TPSA) is 100.0 Å². The number of amides is 1. The lowest BCUT2D eigenvalue weighted by molar-refractivity contribution is -0.140. The summed E-state index contributed by atoms with van der Waals surface area (Å²) in [4.78, 5) is 31.8. The Hall–Kier alpha value is -4.13. The molecule has 0 saturated carbocycles. The number of rotatable bonds is 5. The quantitative estimate of drug-likeness (QED) is 0.330. The van der Waals surface area contributed by atoms with E-state index in [1.54, 1.807) is 24.3 Å². The number of aromatic hydroxyl groups is 1. The Morgan fingerprint density at radius 3 is 2.29 bits per heavy atom. The van der Waals surface area contributed by atoms with Crippen molar-refractivity contribution >= 4 is 17.4 Å². The number of carbonyl (C=O) groups excluding carboxylic acids is 2. The SMILES string of the molecule is CC(C)(C)Oc1ccccc1CN1C(=O)C(=O)/C(=C(/O)c2ccncc2)C1c1ccc(O)cc1. The Bertz CT molecular complexity index is 1240. The number of pyridine rings is 1. The number of nitrogens with zero attached hydrogens (tertiary/aromatic N) is 2. The zero-order valence-corrected chi connectivity index (χ0v) is 19.2. The lowest BCUT2D eigenvalue weighted by Gasteiger charge is -2.28. The number of ether oxygens (including phenoxy) is 1. The summed E-state index contributed by atoms with van der Waals surface area (Å²) in [5, 5.41) is 20.8. The van der Waals surface area contributed by atoms with Crippen LogP contribution in [0.4, 0.5) is 0 Å². The second-order valence-electron chi connectivity index (χ2n) is 9.08. The summed E-state index contributed by atoms with van der Waals surface area (Å²) < 4.78 is 6.08. The molecule has 0 aliphatic carbocycles. The average Bonchev–Trinajstić information content (AvgIpc) is 3.05. The smallest absolute Gasteiger partial charge is 0.295 e. The lowest BCUT2D eigenvalue weighted by Crippen LogP contribution is -2.30. The van der Waals surface area contributed by atoms with Gasteiger partial charge in [-0.05, 0) is 56.7 Å². The Balaban J connectivity index is 1.83. The number of hydrogen-bond acceptors (Lipinski definition) is 6. The van der Waals surface area contributed by atoms with Crippen LogP contribution in [-0.2, 0) is 16.1 Å². The van der Waals surface area contributed by atoms with Gasteiger partial charge in [-0.3, -0.25) is 14.6 Å². The molecule has 1 saturated heterocycles. The molecule has 7 nitrogen and oxygen atoms in total. The predicted octanol–water partition coefficient (Wildman–Crippen LogP) is 4.59. The minimum Gasteiger partial charge on any atom is -0.508 e. The molecule has 3 aromatic rings. The van der Waals surface area contributed by atoms with E-state index in [-0.39, 0.29) is 23.6 Å². The summed E-state index contributed by atoms with van der Waals surface area (Å²) in [7, 11) is 0. The van der Waals surface area contributed by atoms with Crippen molar-refractivity contribution in [2.24, 2.45) is 0 Å². The molecule has 0 spiro atoms. The van der Waals surface area contributed by atoms with Crippen LogP contribution < -0.4 is 4.74 Å². The third-order valence-electron chi connectivity index (χ3n) is 5.43. The molecule has 1 fully saturated rings. The number of Topliss-reactive ketones (excluding diaryl/α,β-unsaturated/α-hetero) is 1. The molecule has 1 amide bonds. The first kappa shape index (κ1) is 23.0. The first-order valence-electron chi connectivity index (χ1n) is 10.9. The third kappa shape index (κ3) is 4.64. The summed E-state index contributed by atoms with van der Waals surface area (Å²) >= 11 is 0. The van der Waals surface area contributed by atoms with Crippen LogP contribution in [0.2, 0.25) is 0 Å². The van der Waals surface area contributed by atoms with Gasteiger partial charge in [-0.15, -0.1) is 0 Å². The molecule has 1 unspecified atom stereocenters. The Morgan fingerprint density at radius 2 is 1.65 bits per heavy atom. The Morgan fingerprint density at radius 1 is 1.00 bits per heavy atom. The third-order valence-corrected chi connectivity index (χ3v) is 5.43. The second kappa shape index (κ2) is 9.02. The number of aliphatic hydroxyl groups is 1. The number of ketones is 1. The molecule has 0 bridgehead atoms. The van der Waals surface area contributed by atoms with Crippen LogP contribution in [0.5, 0.6) is 11.5 Å². The van der Waals surface area contributed by atoms with Crippen LogP contribution >= 0.6 is 0 Å². The molecule has 2 aromatic carbocycles. The number of benzene rings is 2. The largest absolute Gasteiger partial charge is 0.508 e. The summed E-state index contributed by atoms with van der Waals surface area (Å²) in [6, 6.07) is 15.9. The van der Waals surface area contributed by atoms with Crippen molar-refractivity contribution in [3.05, 3.63) is 95.3 Å². The minimum atomic E-state index is -0.851. The van der Waals surface area contributed by atoms with Gasteiger partial charge in [0.1, 0.15) is 22.9 Å². The van der Waals surface area contributed by atoms with Gasteiger partial charge >= 0.3 is 0 Å². The van der Waals surface area contributed by atoms with Gasteiger partial charge in [-0.1, -0.05) is 30.3 Å². The molecule has 7 heteroatoms. The van der Waals surface area contributed by atoms with Crippen molar-refractivity contribution in [1.29, 1.82) is 0 Å². The molecule has 2 N–H and O–H groups in total. The van der Waals surface area contributed by atoms with Crippen LogP contribution in [0.15, 0.2) is 78.6 Å². The highest BCUT2D eigenvalue weighted by Gasteiger charge is 2.46. The number of para-hydroxylation sites is 1. The van der Waals surface area contributed by atoms with E-state index in [0.29, 0.717) is 16.9 Å². The van der Waals surface area contributed by atoms with Crippen LogP contribution in [-0.4, -0.2) is 37.4 Å². The van der Waals surface area contributed by atoms with E-state index in [1.807, 2.05) is 45.0 Å². The first-order chi connectivity index (χ1) is 16.2. The predicted molar refractivity (Wildman–Crippen MR) is 127 cm³/mol. The molecular weight excluding hydrogens is 432 g/mol. The summed E-state index contributed by atoms with van der Waals surface area (Å²) in [6.07, 6.45) is 3.00. The van der Waals surface area contributed by atoms with Crippen molar-refractivity contribution in [2.45, 2.75) is 39.0 Å². The zero-order valence-electron chi connectivity index (χ0n) is 19.2. The van der Waals surface area contributed by atoms with Gasteiger partial charge in [0.05, 0.1) is 18.2 Å². The Labute approximate surface area is 198 Å². The standard InChI is InChI=1S/C27H26N2O5/c1-27(2,3)34-21-7-5-4-6-19(21)16-29-23(17-8-10-20(30)11-9-17)22(25(32)26(29)33)24(31)18-12-14-28-15-13-18/h4-15,23,30-31H,16H2,1-3H3/b24-22+. The van der Waals surface area contributed by atoms with Crippen molar-refractivity contribution in [2.75, 3.05) is 0 Å². The number of aromatic nitrogens is 1. The first-order valence-corrected chi connectivity index (χ1v) is 10.9. The fraction of sp³-hybridized carbons (Fsp3) is 0.222. The molecule has 1 aliphatic heterocycles. The van der Waals surface area contributed by atoms with Gasteiger partial charge < -0.3 is 19.8 Å². The molecular formula is C27H26N2O5. The van der Waals surface area contributed by atoms with Gasteiger partial charge in [0.2, 0.25) is 0 Å². The maximum atomic E-state index is 13.2. The fourth-order valence-electron chi connectivity index (χ4n) is 3.96. The maximum Gasteiger partial charge on any atom is 0.295 e. The monoisotopic (exact) mass is 458 g/mol. The fourth-order valence-corrected chi connectivity index (χ4v) is 3.96. The van der Waals surface area contributed by atoms with E-state index >= 15 is 0 Å². The van der Waals surface area contributed by atoms with Gasteiger partial charge in [0, 0.05) is 23.5 Å². The summed E-state index contributed by atoms with van der Waals surface area (Å²) in [5.74, 6) is -1.12. The highest BCUT2D eigenvalue weighted by atomic mass is 16.5. The molecule has 0 radical (unpaired) electrons. The van der Waals surface area contributed by atoms with Crippen molar-refractivity contribution in [3.8, 4) is 11.5 Å². The molecule has 4 rings (SSSR count). The van der Waals surface area contributed by atoms with Crippen LogP contribution in [0.1, 0.15) is 43.5 Å². The normalized spacial score (nSPS) is 17.7. The molecule has 1 aliphatic rings. The number of phenolic OH excluding ortho intramolecular Hbond substituents is 1. The molecule has 1 atom stereocenters. The number of phenols is 1. The van der Waals surface area contributed by atoms with Crippen molar-refractivity contribution in [1.82, 2.24) is 9.88 Å². The van der Waals surface area contributed by atoms with Crippen LogP contribution in [0.3, 0.4) is 0 Å². The second-order valence-corrected chi connectivity index (χ2v) is 9.08. The molecule has 174 valence electrons. The molecule has 1 aromatic heterocycles. The van der Waals surface area contributed by atoms with E-state index in [9.17, 15) is 19.8 Å². The highest BCUT2D eigenvalue weighted by Crippen LogP contribution is 2.41. The van der Waals surface area contributed by atoms with E-state index in [2.05, 4.69) is 4.98 Å². The van der Waals surface area contributed by atoms with Crippen LogP contribution in [0, 0.1) is 0 Å². The summed E-state index contributed by atoms with van der Waals surface area (Å²) in [5.41, 5.74) is 1.22. The Kier molecular flexibility index (Phi) is 6.11. The van der Waals surface area contributed by atoms with Gasteiger partial charge in [0.15, 0.2) is 0 Å². The van der Waals surface area contributed by atoms with Crippen LogP contribution in [0.25, 0.3) is 5.76 Å². The zero-order chi connectivity index (χ0) is 24.5. The van der Waals surface area contributed by atoms with E-state index in [4.69, 9.17) is 4.74 Å². The molecule has 34 heavy (non-hydrogen) atoms. The van der Waals surface area contributed by atoms with Crippen molar-refractivity contribution in [3.63, 3.8) is 0 Å². The van der Waals surface area contributed by atoms with Gasteiger partial charge in [-0.25, -0.2) is 0 Å². The maximum absolute atomic E-state index is 13.2. The van der Waals surface area contributed by atoms with E-state index < -0.39 is 23.3 Å². The minimum absolute atomic E-state index is 0.0175. The number of hydrogen-bond donors (Lipinski definition) is 2. The van der Waals surface area contributed by atoms with Gasteiger partial charge in [-0.2, -0.15) is 0 Å². The van der Waals surface area contributed by atoms with Gasteiger partial charge in [0.25, 0.3) is 11.7 Å². The number of aliphatic hydroxyl groups excluding tert-OH is 1. The summed E-state index contributed by atoms with van der Waals surface area (Å²) in [6.45, 7) is 5.89. The lowest BCUT2D eigenvalue weighted by atomic mass is 9.95. The highest BCUT2D eigenvalue weighted by molar-refractivity contribution is 6.46.